The van der Waals surface area contributed by atoms with Gasteiger partial charge in [-0.15, -0.1) is 0 Å². The van der Waals surface area contributed by atoms with Gasteiger partial charge in [0.2, 0.25) is 0 Å². The third kappa shape index (κ3) is 1.85. The van der Waals surface area contributed by atoms with Crippen LogP contribution in [0.5, 0.6) is 0 Å². The minimum atomic E-state index is -0.355. The average Bonchev–Trinajstić information content (AvgIpc) is 3.15. The number of hydrogen-bond donors (Lipinski definition) is 1. The lowest BCUT2D eigenvalue weighted by atomic mass is 9.69. The monoisotopic (exact) mass is 292 g/mol. The van der Waals surface area contributed by atoms with E-state index in [1.54, 1.807) is 0 Å². The standard InChI is InChI=1S/C18H28O3/c1-4-18(2,3)17(20)21-14-8-10-6-12(14)16-9-5-11(15(10)16)13(19)7-9/h9-16,19H,4-8H2,1-3H3. The summed E-state index contributed by atoms with van der Waals surface area (Å²) in [5, 5.41) is 10.2. The van der Waals surface area contributed by atoms with E-state index in [1.165, 1.54) is 12.8 Å². The van der Waals surface area contributed by atoms with E-state index in [4.69, 9.17) is 4.74 Å². The molecular weight excluding hydrogens is 264 g/mol. The Labute approximate surface area is 127 Å². The average molecular weight is 292 g/mol. The molecule has 0 radical (unpaired) electrons. The normalized spacial score (nSPS) is 50.5. The van der Waals surface area contributed by atoms with E-state index in [1.807, 2.05) is 13.8 Å². The number of fused-ring (bicyclic) bond motifs is 9. The lowest BCUT2D eigenvalue weighted by molar-refractivity contribution is -0.165. The van der Waals surface area contributed by atoms with E-state index in [0.717, 1.165) is 31.1 Å². The fourth-order valence-electron chi connectivity index (χ4n) is 6.08. The molecule has 3 nitrogen and oxygen atoms in total. The van der Waals surface area contributed by atoms with Crippen LogP contribution >= 0.6 is 0 Å². The van der Waals surface area contributed by atoms with Gasteiger partial charge in [0.25, 0.3) is 0 Å². The SMILES string of the molecule is CCC(C)(C)C(=O)OC1CC2CC1C1C3CC(O)C(C3)C21. The molecule has 0 aromatic carbocycles. The fraction of sp³-hybridized carbons (Fsp3) is 0.944. The first kappa shape index (κ1) is 14.0. The van der Waals surface area contributed by atoms with Crippen molar-refractivity contribution in [3.63, 3.8) is 0 Å². The minimum Gasteiger partial charge on any atom is -0.462 e. The predicted octanol–water partition coefficient (Wildman–Crippen LogP) is 3.01. The zero-order valence-electron chi connectivity index (χ0n) is 13.4. The van der Waals surface area contributed by atoms with Crippen LogP contribution in [0.2, 0.25) is 0 Å². The van der Waals surface area contributed by atoms with Crippen LogP contribution in [0.15, 0.2) is 0 Å². The molecule has 4 bridgehead atoms. The Morgan fingerprint density at radius 1 is 1.10 bits per heavy atom. The maximum absolute atomic E-state index is 12.4. The highest BCUT2D eigenvalue weighted by atomic mass is 16.5. The molecule has 8 atom stereocenters. The summed E-state index contributed by atoms with van der Waals surface area (Å²) < 4.78 is 5.94. The van der Waals surface area contributed by atoms with Crippen LogP contribution in [0.25, 0.3) is 0 Å². The second kappa shape index (κ2) is 4.47. The van der Waals surface area contributed by atoms with Gasteiger partial charge >= 0.3 is 5.97 Å². The van der Waals surface area contributed by atoms with Crippen LogP contribution in [0.3, 0.4) is 0 Å². The summed E-state index contributed by atoms with van der Waals surface area (Å²) in [6.07, 6.45) is 5.45. The highest BCUT2D eigenvalue weighted by Gasteiger charge is 2.65. The molecule has 0 heterocycles. The Balaban J connectivity index is 1.47. The predicted molar refractivity (Wildman–Crippen MR) is 79.4 cm³/mol. The molecule has 4 saturated carbocycles. The quantitative estimate of drug-likeness (QED) is 0.642. The molecule has 4 aliphatic carbocycles. The van der Waals surface area contributed by atoms with Crippen LogP contribution in [-0.2, 0) is 9.53 Å². The number of carbonyl (C=O) groups excluding carboxylic acids is 1. The van der Waals surface area contributed by atoms with Gasteiger partial charge in [-0.25, -0.2) is 0 Å². The molecular formula is C18H28O3. The molecule has 3 heteroatoms. The highest BCUT2D eigenvalue weighted by molar-refractivity contribution is 5.76. The van der Waals surface area contributed by atoms with Gasteiger partial charge in [0.05, 0.1) is 11.5 Å². The molecule has 8 unspecified atom stereocenters. The molecule has 21 heavy (non-hydrogen) atoms. The van der Waals surface area contributed by atoms with E-state index in [2.05, 4.69) is 6.92 Å². The Morgan fingerprint density at radius 3 is 2.43 bits per heavy atom. The van der Waals surface area contributed by atoms with Crippen molar-refractivity contribution in [1.29, 1.82) is 0 Å². The van der Waals surface area contributed by atoms with Crippen molar-refractivity contribution in [2.75, 3.05) is 0 Å². The number of aliphatic hydroxyl groups is 1. The Hall–Kier alpha value is -0.570. The summed E-state index contributed by atoms with van der Waals surface area (Å²) in [5.41, 5.74) is -0.355. The second-order valence-electron chi connectivity index (χ2n) is 8.69. The lowest BCUT2D eigenvalue weighted by Crippen LogP contribution is -2.42. The first-order valence-electron chi connectivity index (χ1n) is 8.81. The van der Waals surface area contributed by atoms with E-state index in [9.17, 15) is 9.90 Å². The third-order valence-electron chi connectivity index (χ3n) is 7.42. The van der Waals surface area contributed by atoms with Crippen molar-refractivity contribution >= 4 is 5.97 Å². The molecule has 0 saturated heterocycles. The smallest absolute Gasteiger partial charge is 0.311 e. The van der Waals surface area contributed by atoms with Gasteiger partial charge in [-0.1, -0.05) is 6.92 Å². The van der Waals surface area contributed by atoms with Crippen molar-refractivity contribution in [1.82, 2.24) is 0 Å². The van der Waals surface area contributed by atoms with Crippen molar-refractivity contribution in [3.8, 4) is 0 Å². The summed E-state index contributed by atoms with van der Waals surface area (Å²) >= 11 is 0. The van der Waals surface area contributed by atoms with Gasteiger partial charge < -0.3 is 9.84 Å². The van der Waals surface area contributed by atoms with E-state index < -0.39 is 0 Å². The number of ether oxygens (including phenoxy) is 1. The number of rotatable bonds is 3. The molecule has 4 rings (SSSR count). The van der Waals surface area contributed by atoms with E-state index >= 15 is 0 Å². The molecule has 0 spiro atoms. The molecule has 0 aromatic rings. The van der Waals surface area contributed by atoms with Crippen LogP contribution in [-0.4, -0.2) is 23.3 Å². The Kier molecular flexibility index (Phi) is 2.99. The summed E-state index contributed by atoms with van der Waals surface area (Å²) in [5.74, 6) is 4.00. The summed E-state index contributed by atoms with van der Waals surface area (Å²) in [4.78, 5) is 12.4. The Morgan fingerprint density at radius 2 is 1.71 bits per heavy atom. The molecule has 4 fully saturated rings. The maximum atomic E-state index is 12.4. The minimum absolute atomic E-state index is 0.0118. The van der Waals surface area contributed by atoms with Crippen molar-refractivity contribution < 1.29 is 14.6 Å². The number of hydrogen-bond acceptors (Lipinski definition) is 3. The van der Waals surface area contributed by atoms with Crippen molar-refractivity contribution in [2.45, 2.75) is 65.1 Å². The number of esters is 1. The topological polar surface area (TPSA) is 46.5 Å². The van der Waals surface area contributed by atoms with E-state index in [-0.39, 0.29) is 23.6 Å². The van der Waals surface area contributed by atoms with Crippen molar-refractivity contribution in [2.24, 2.45) is 40.9 Å². The van der Waals surface area contributed by atoms with Gasteiger partial charge in [0.1, 0.15) is 6.10 Å². The summed E-state index contributed by atoms with van der Waals surface area (Å²) in [6, 6.07) is 0. The van der Waals surface area contributed by atoms with Gasteiger partial charge in [-0.3, -0.25) is 4.79 Å². The lowest BCUT2D eigenvalue weighted by Gasteiger charge is -2.40. The second-order valence-corrected chi connectivity index (χ2v) is 8.69. The Bertz CT molecular complexity index is 457. The highest BCUT2D eigenvalue weighted by Crippen LogP contribution is 2.67. The molecule has 0 aliphatic heterocycles. The molecule has 118 valence electrons. The van der Waals surface area contributed by atoms with Gasteiger partial charge in [-0.05, 0) is 81.5 Å². The van der Waals surface area contributed by atoms with Gasteiger partial charge in [0.15, 0.2) is 0 Å². The summed E-state index contributed by atoms with van der Waals surface area (Å²) in [7, 11) is 0. The maximum Gasteiger partial charge on any atom is 0.311 e. The van der Waals surface area contributed by atoms with Crippen molar-refractivity contribution in [3.05, 3.63) is 0 Å². The first-order valence-corrected chi connectivity index (χ1v) is 8.81. The number of aliphatic hydroxyl groups excluding tert-OH is 1. The molecule has 0 aromatic heterocycles. The first-order chi connectivity index (χ1) is 9.92. The molecule has 1 N–H and O–H groups in total. The third-order valence-corrected chi connectivity index (χ3v) is 7.42. The van der Waals surface area contributed by atoms with Crippen LogP contribution < -0.4 is 0 Å². The van der Waals surface area contributed by atoms with Crippen LogP contribution in [0, 0.1) is 40.9 Å². The fourth-order valence-corrected chi connectivity index (χ4v) is 6.08. The molecule has 0 amide bonds. The zero-order chi connectivity index (χ0) is 14.9. The zero-order valence-corrected chi connectivity index (χ0v) is 13.4. The van der Waals surface area contributed by atoms with Gasteiger partial charge in [-0.2, -0.15) is 0 Å². The molecule has 4 aliphatic rings. The van der Waals surface area contributed by atoms with Gasteiger partial charge in [0, 0.05) is 0 Å². The van der Waals surface area contributed by atoms with E-state index in [0.29, 0.717) is 23.7 Å². The van der Waals surface area contributed by atoms with Crippen LogP contribution in [0.4, 0.5) is 0 Å². The van der Waals surface area contributed by atoms with Crippen LogP contribution in [0.1, 0.15) is 52.9 Å². The number of carbonyl (C=O) groups is 1. The largest absolute Gasteiger partial charge is 0.462 e. The summed E-state index contributed by atoms with van der Waals surface area (Å²) in [6.45, 7) is 6.02.